The lowest BCUT2D eigenvalue weighted by Gasteiger charge is -2.21. The van der Waals surface area contributed by atoms with Crippen LogP contribution < -0.4 is 0 Å². The zero-order chi connectivity index (χ0) is 13.8. The molecule has 0 radical (unpaired) electrons. The molecule has 5 heteroatoms. The lowest BCUT2D eigenvalue weighted by atomic mass is 10.2. The predicted molar refractivity (Wildman–Crippen MR) is 75.7 cm³/mol. The van der Waals surface area contributed by atoms with Crippen molar-refractivity contribution in [3.8, 4) is 0 Å². The number of aryl methyl sites for hydroxylation is 2. The molecular weight excluding hydrogens is 270 g/mol. The maximum Gasteiger partial charge on any atom is 0.243 e. The van der Waals surface area contributed by atoms with Gasteiger partial charge in [-0.15, -0.1) is 11.6 Å². The number of sulfonamides is 1. The molecule has 1 aromatic carbocycles. The number of rotatable bonds is 6. The highest BCUT2D eigenvalue weighted by atomic mass is 35.5. The largest absolute Gasteiger partial charge is 0.243 e. The summed E-state index contributed by atoms with van der Waals surface area (Å²) in [7, 11) is -3.40. The topological polar surface area (TPSA) is 37.4 Å². The molecule has 0 saturated carbocycles. The van der Waals surface area contributed by atoms with Crippen molar-refractivity contribution in [1.82, 2.24) is 4.31 Å². The average molecular weight is 290 g/mol. The smallest absolute Gasteiger partial charge is 0.207 e. The van der Waals surface area contributed by atoms with Crippen molar-refractivity contribution >= 4 is 21.6 Å². The Balaban J connectivity index is 3.14. The molecule has 0 aliphatic heterocycles. The molecule has 0 amide bonds. The van der Waals surface area contributed by atoms with Gasteiger partial charge in [0.1, 0.15) is 0 Å². The first-order valence-electron chi connectivity index (χ1n) is 6.06. The molecule has 1 aromatic rings. The standard InChI is InChI=1S/C13H20ClNO2S/c1-4-15(9-5-8-14)18(16,17)13-10-11(2)6-7-12(13)3/h6-7,10H,4-5,8-9H2,1-3H3. The van der Waals surface area contributed by atoms with Gasteiger partial charge in [0, 0.05) is 19.0 Å². The lowest BCUT2D eigenvalue weighted by molar-refractivity contribution is 0.427. The number of hydrogen-bond acceptors (Lipinski definition) is 2. The van der Waals surface area contributed by atoms with E-state index < -0.39 is 10.0 Å². The van der Waals surface area contributed by atoms with E-state index >= 15 is 0 Å². The van der Waals surface area contributed by atoms with Crippen LogP contribution in [0.5, 0.6) is 0 Å². The Morgan fingerprint density at radius 1 is 1.28 bits per heavy atom. The predicted octanol–water partition coefficient (Wildman–Crippen LogP) is 2.94. The number of benzene rings is 1. The number of halogens is 1. The van der Waals surface area contributed by atoms with E-state index in [1.165, 1.54) is 4.31 Å². The van der Waals surface area contributed by atoms with Crippen LogP contribution in [0.3, 0.4) is 0 Å². The van der Waals surface area contributed by atoms with Gasteiger partial charge in [0.05, 0.1) is 4.90 Å². The summed E-state index contributed by atoms with van der Waals surface area (Å²) in [5.74, 6) is 0.471. The second-order valence-corrected chi connectivity index (χ2v) is 6.59. The SMILES string of the molecule is CCN(CCCCl)S(=O)(=O)c1cc(C)ccc1C. The molecule has 0 atom stereocenters. The Morgan fingerprint density at radius 3 is 2.50 bits per heavy atom. The molecular formula is C13H20ClNO2S. The van der Waals surface area contributed by atoms with Crippen LogP contribution in [0.4, 0.5) is 0 Å². The van der Waals surface area contributed by atoms with Crippen LogP contribution in [0.25, 0.3) is 0 Å². The van der Waals surface area contributed by atoms with Crippen LogP contribution in [0.15, 0.2) is 23.1 Å². The molecule has 3 nitrogen and oxygen atoms in total. The number of nitrogens with zero attached hydrogens (tertiary/aromatic N) is 1. The zero-order valence-corrected chi connectivity index (χ0v) is 12.7. The third kappa shape index (κ3) is 3.46. The van der Waals surface area contributed by atoms with Crippen LogP contribution in [-0.4, -0.2) is 31.7 Å². The van der Waals surface area contributed by atoms with E-state index in [1.54, 1.807) is 6.07 Å². The summed E-state index contributed by atoms with van der Waals surface area (Å²) in [5, 5.41) is 0. The van der Waals surface area contributed by atoms with Gasteiger partial charge in [0.15, 0.2) is 0 Å². The average Bonchev–Trinajstić information content (AvgIpc) is 2.33. The molecule has 0 saturated heterocycles. The zero-order valence-electron chi connectivity index (χ0n) is 11.1. The normalized spacial score (nSPS) is 12.1. The van der Waals surface area contributed by atoms with Gasteiger partial charge in [-0.3, -0.25) is 0 Å². The van der Waals surface area contributed by atoms with Crippen molar-refractivity contribution in [2.24, 2.45) is 0 Å². The van der Waals surface area contributed by atoms with Crippen molar-refractivity contribution in [1.29, 1.82) is 0 Å². The van der Waals surface area contributed by atoms with Gasteiger partial charge in [0.25, 0.3) is 0 Å². The molecule has 0 bridgehead atoms. The maximum absolute atomic E-state index is 12.5. The second-order valence-electron chi connectivity index (χ2n) is 4.31. The van der Waals surface area contributed by atoms with E-state index in [0.29, 0.717) is 30.3 Å². The first-order valence-corrected chi connectivity index (χ1v) is 8.04. The summed E-state index contributed by atoms with van der Waals surface area (Å²) in [6, 6.07) is 5.50. The van der Waals surface area contributed by atoms with E-state index in [-0.39, 0.29) is 0 Å². The highest BCUT2D eigenvalue weighted by molar-refractivity contribution is 7.89. The molecule has 0 unspecified atom stereocenters. The van der Waals surface area contributed by atoms with Crippen molar-refractivity contribution in [3.05, 3.63) is 29.3 Å². The first kappa shape index (κ1) is 15.5. The molecule has 0 aromatic heterocycles. The van der Waals surface area contributed by atoms with Crippen LogP contribution in [0.2, 0.25) is 0 Å². The van der Waals surface area contributed by atoms with Crippen molar-refractivity contribution < 1.29 is 8.42 Å². The van der Waals surface area contributed by atoms with Gasteiger partial charge in [-0.2, -0.15) is 4.31 Å². The number of hydrogen-bond donors (Lipinski definition) is 0. The molecule has 1 rings (SSSR count). The third-order valence-electron chi connectivity index (χ3n) is 2.86. The quantitative estimate of drug-likeness (QED) is 0.755. The summed E-state index contributed by atoms with van der Waals surface area (Å²) in [5.41, 5.74) is 1.73. The molecule has 0 fully saturated rings. The lowest BCUT2D eigenvalue weighted by Crippen LogP contribution is -2.32. The van der Waals surface area contributed by atoms with Gasteiger partial charge >= 0.3 is 0 Å². The fourth-order valence-electron chi connectivity index (χ4n) is 1.81. The molecule has 0 heterocycles. The van der Waals surface area contributed by atoms with Gasteiger partial charge < -0.3 is 0 Å². The summed E-state index contributed by atoms with van der Waals surface area (Å²) >= 11 is 5.63. The Bertz CT molecular complexity index is 500. The maximum atomic E-state index is 12.5. The first-order chi connectivity index (χ1) is 8.43. The van der Waals surface area contributed by atoms with Gasteiger partial charge in [-0.25, -0.2) is 8.42 Å². The van der Waals surface area contributed by atoms with Gasteiger partial charge in [-0.1, -0.05) is 19.1 Å². The van der Waals surface area contributed by atoms with E-state index in [1.807, 2.05) is 32.9 Å². The van der Waals surface area contributed by atoms with E-state index in [0.717, 1.165) is 11.1 Å². The Kier molecular flexibility index (Phi) is 5.63. The van der Waals surface area contributed by atoms with E-state index in [4.69, 9.17) is 11.6 Å². The van der Waals surface area contributed by atoms with Crippen LogP contribution in [0, 0.1) is 13.8 Å². The molecule has 102 valence electrons. The summed E-state index contributed by atoms with van der Waals surface area (Å²) in [6.45, 7) is 6.49. The molecule has 0 aliphatic rings. The minimum absolute atomic E-state index is 0.402. The van der Waals surface area contributed by atoms with Crippen LogP contribution >= 0.6 is 11.6 Å². The second kappa shape index (κ2) is 6.55. The molecule has 0 spiro atoms. The number of alkyl halides is 1. The summed E-state index contributed by atoms with van der Waals surface area (Å²) < 4.78 is 26.5. The minimum atomic E-state index is -3.40. The van der Waals surface area contributed by atoms with Crippen molar-refractivity contribution in [2.45, 2.75) is 32.1 Å². The van der Waals surface area contributed by atoms with Crippen molar-refractivity contribution in [3.63, 3.8) is 0 Å². The van der Waals surface area contributed by atoms with Crippen LogP contribution in [-0.2, 0) is 10.0 Å². The molecule has 0 aliphatic carbocycles. The summed E-state index contributed by atoms with van der Waals surface area (Å²) in [6.07, 6.45) is 0.666. The fraction of sp³-hybridized carbons (Fsp3) is 0.538. The fourth-order valence-corrected chi connectivity index (χ4v) is 3.73. The van der Waals surface area contributed by atoms with Crippen molar-refractivity contribution in [2.75, 3.05) is 19.0 Å². The Hall–Kier alpha value is -0.580. The van der Waals surface area contributed by atoms with Crippen LogP contribution in [0.1, 0.15) is 24.5 Å². The van der Waals surface area contributed by atoms with Gasteiger partial charge in [-0.05, 0) is 37.5 Å². The highest BCUT2D eigenvalue weighted by Crippen LogP contribution is 2.21. The minimum Gasteiger partial charge on any atom is -0.207 e. The highest BCUT2D eigenvalue weighted by Gasteiger charge is 2.24. The molecule has 0 N–H and O–H groups in total. The van der Waals surface area contributed by atoms with Gasteiger partial charge in [0.2, 0.25) is 10.0 Å². The van der Waals surface area contributed by atoms with E-state index in [2.05, 4.69) is 0 Å². The Labute approximate surface area is 115 Å². The third-order valence-corrected chi connectivity index (χ3v) is 5.24. The summed E-state index contributed by atoms with van der Waals surface area (Å²) in [4.78, 5) is 0.402. The van der Waals surface area contributed by atoms with E-state index in [9.17, 15) is 8.42 Å². The molecule has 18 heavy (non-hydrogen) atoms. The monoisotopic (exact) mass is 289 g/mol. The Morgan fingerprint density at radius 2 is 1.94 bits per heavy atom.